The van der Waals surface area contributed by atoms with E-state index >= 15 is 0 Å². The molecule has 3 heterocycles. The number of nitrogens with zero attached hydrogens (tertiary/aromatic N) is 4. The second kappa shape index (κ2) is 11.9. The van der Waals surface area contributed by atoms with Gasteiger partial charge in [0, 0.05) is 45.5 Å². The monoisotopic (exact) mass is 514 g/mol. The summed E-state index contributed by atoms with van der Waals surface area (Å²) in [6, 6.07) is 7.20. The van der Waals surface area contributed by atoms with Gasteiger partial charge < -0.3 is 24.0 Å². The first-order valence-corrected chi connectivity index (χ1v) is 13.1. The van der Waals surface area contributed by atoms with Gasteiger partial charge in [0.05, 0.1) is 44.6 Å². The maximum absolute atomic E-state index is 13.3. The van der Waals surface area contributed by atoms with Gasteiger partial charge in [-0.2, -0.15) is 0 Å². The van der Waals surface area contributed by atoms with Gasteiger partial charge in [0.2, 0.25) is 5.91 Å². The van der Waals surface area contributed by atoms with Crippen LogP contribution >= 0.6 is 11.8 Å². The molecule has 0 radical (unpaired) electrons. The van der Waals surface area contributed by atoms with Crippen LogP contribution < -0.4 is 4.74 Å². The van der Waals surface area contributed by atoms with Crippen LogP contribution in [0.5, 0.6) is 5.75 Å². The third kappa shape index (κ3) is 5.45. The van der Waals surface area contributed by atoms with Crippen LogP contribution in [0.4, 0.5) is 0 Å². The summed E-state index contributed by atoms with van der Waals surface area (Å²) >= 11 is 1.48. The number of thioether (sulfide) groups is 1. The molecule has 0 spiro atoms. The maximum Gasteiger partial charge on any atom is 0.338 e. The fourth-order valence-electron chi connectivity index (χ4n) is 4.75. The molecule has 1 aromatic carbocycles. The zero-order chi connectivity index (χ0) is 25.7. The summed E-state index contributed by atoms with van der Waals surface area (Å²) in [6.45, 7) is 6.59. The van der Waals surface area contributed by atoms with Gasteiger partial charge in [-0.05, 0) is 29.5 Å². The number of benzene rings is 1. The number of carbonyl (C=O) groups excluding carboxylic acids is 2. The molecule has 3 aliphatic heterocycles. The van der Waals surface area contributed by atoms with Crippen LogP contribution in [0.2, 0.25) is 0 Å². The molecule has 4 rings (SSSR count). The number of fused-ring (bicyclic) bond motifs is 1. The third-order valence-corrected chi connectivity index (χ3v) is 7.60. The predicted octanol–water partition coefficient (Wildman–Crippen LogP) is 3.01. The number of rotatable bonds is 9. The Bertz CT molecular complexity index is 1080. The van der Waals surface area contributed by atoms with Crippen LogP contribution in [0.25, 0.3) is 0 Å². The first kappa shape index (κ1) is 26.2. The third-order valence-electron chi connectivity index (χ3n) is 6.71. The molecule has 1 fully saturated rings. The molecule has 1 aromatic rings. The summed E-state index contributed by atoms with van der Waals surface area (Å²) in [6.07, 6.45) is 0.824. The smallest absolute Gasteiger partial charge is 0.338 e. The lowest BCUT2D eigenvalue weighted by Crippen LogP contribution is -2.49. The Kier molecular flexibility index (Phi) is 8.71. The van der Waals surface area contributed by atoms with Gasteiger partial charge in [-0.1, -0.05) is 30.8 Å². The molecule has 0 bridgehead atoms. The van der Waals surface area contributed by atoms with Gasteiger partial charge in [0.25, 0.3) is 0 Å². The van der Waals surface area contributed by atoms with Crippen molar-refractivity contribution in [2.75, 3.05) is 60.7 Å². The standard InChI is InChI=1S/C26H34N4O5S/c1-5-21-23(25(32)35-4)24(18-7-6-8-20(15-18)34-3)30-19(17-36-26(30)27-21)16-22(31)29-11-9-28(10-12-29)13-14-33-2/h6-8,15,17,24H,5,9-14,16H2,1-4H3. The topological polar surface area (TPSA) is 83.9 Å². The highest BCUT2D eigenvalue weighted by atomic mass is 32.2. The number of ether oxygens (including phenoxy) is 3. The van der Waals surface area contributed by atoms with E-state index in [-0.39, 0.29) is 12.3 Å². The summed E-state index contributed by atoms with van der Waals surface area (Å²) in [4.78, 5) is 37.4. The van der Waals surface area contributed by atoms with E-state index < -0.39 is 12.0 Å². The van der Waals surface area contributed by atoms with E-state index in [0.717, 1.165) is 36.1 Å². The Morgan fingerprint density at radius 3 is 2.58 bits per heavy atom. The maximum atomic E-state index is 13.3. The number of esters is 1. The summed E-state index contributed by atoms with van der Waals surface area (Å²) < 4.78 is 15.8. The molecule has 3 aliphatic rings. The number of hydrogen-bond donors (Lipinski definition) is 0. The Balaban J connectivity index is 1.59. The quantitative estimate of drug-likeness (QED) is 0.465. The largest absolute Gasteiger partial charge is 0.497 e. The molecule has 0 aliphatic carbocycles. The van der Waals surface area contributed by atoms with E-state index in [4.69, 9.17) is 19.2 Å². The highest BCUT2D eigenvalue weighted by Crippen LogP contribution is 2.46. The zero-order valence-electron chi connectivity index (χ0n) is 21.4. The number of piperazine rings is 1. The number of amides is 1. The van der Waals surface area contributed by atoms with Crippen LogP contribution in [0.1, 0.15) is 31.4 Å². The lowest BCUT2D eigenvalue weighted by molar-refractivity contribution is -0.136. The van der Waals surface area contributed by atoms with Crippen LogP contribution in [-0.4, -0.2) is 92.4 Å². The molecule has 10 heteroatoms. The van der Waals surface area contributed by atoms with Crippen molar-refractivity contribution in [3.05, 3.63) is 52.2 Å². The molecule has 1 saturated heterocycles. The first-order chi connectivity index (χ1) is 17.5. The highest BCUT2D eigenvalue weighted by molar-refractivity contribution is 8.16. The number of methoxy groups -OCH3 is 3. The molecule has 0 saturated carbocycles. The molecule has 9 nitrogen and oxygen atoms in total. The van der Waals surface area contributed by atoms with Crippen LogP contribution in [0.15, 0.2) is 51.6 Å². The fourth-order valence-corrected chi connectivity index (χ4v) is 5.68. The van der Waals surface area contributed by atoms with Crippen molar-refractivity contribution in [3.63, 3.8) is 0 Å². The molecular weight excluding hydrogens is 480 g/mol. The Labute approximate surface area is 216 Å². The van der Waals surface area contributed by atoms with Crippen molar-refractivity contribution in [1.29, 1.82) is 0 Å². The Hall–Kier alpha value is -2.82. The van der Waals surface area contributed by atoms with Crippen molar-refractivity contribution in [2.45, 2.75) is 25.8 Å². The average Bonchev–Trinajstić information content (AvgIpc) is 3.32. The van der Waals surface area contributed by atoms with E-state index in [2.05, 4.69) is 4.90 Å². The van der Waals surface area contributed by atoms with E-state index in [9.17, 15) is 9.59 Å². The second-order valence-corrected chi connectivity index (χ2v) is 9.60. The van der Waals surface area contributed by atoms with Crippen molar-refractivity contribution in [3.8, 4) is 5.75 Å². The van der Waals surface area contributed by atoms with E-state index in [1.54, 1.807) is 14.2 Å². The minimum Gasteiger partial charge on any atom is -0.497 e. The average molecular weight is 515 g/mol. The van der Waals surface area contributed by atoms with Crippen molar-refractivity contribution >= 4 is 28.8 Å². The van der Waals surface area contributed by atoms with Crippen molar-refractivity contribution < 1.29 is 23.8 Å². The van der Waals surface area contributed by atoms with E-state index in [1.807, 2.05) is 46.4 Å². The number of aliphatic imine (C=N–C) groups is 1. The molecule has 36 heavy (non-hydrogen) atoms. The fraction of sp³-hybridized carbons (Fsp3) is 0.500. The second-order valence-electron chi connectivity index (χ2n) is 8.77. The van der Waals surface area contributed by atoms with Gasteiger partial charge in [-0.15, -0.1) is 0 Å². The summed E-state index contributed by atoms with van der Waals surface area (Å²) in [7, 11) is 4.70. The number of carbonyl (C=O) groups is 2. The van der Waals surface area contributed by atoms with Gasteiger partial charge in [-0.25, -0.2) is 9.79 Å². The predicted molar refractivity (Wildman–Crippen MR) is 140 cm³/mol. The molecule has 0 N–H and O–H groups in total. The van der Waals surface area contributed by atoms with Crippen molar-refractivity contribution in [2.24, 2.45) is 4.99 Å². The van der Waals surface area contributed by atoms with E-state index in [1.165, 1.54) is 18.9 Å². The minimum absolute atomic E-state index is 0.0729. The van der Waals surface area contributed by atoms with Gasteiger partial charge in [-0.3, -0.25) is 9.69 Å². The molecule has 1 unspecified atom stereocenters. The van der Waals surface area contributed by atoms with Crippen molar-refractivity contribution in [1.82, 2.24) is 14.7 Å². The van der Waals surface area contributed by atoms with Gasteiger partial charge in [0.15, 0.2) is 5.17 Å². The first-order valence-electron chi connectivity index (χ1n) is 12.2. The minimum atomic E-state index is -0.463. The molecule has 0 aromatic heterocycles. The molecule has 194 valence electrons. The zero-order valence-corrected chi connectivity index (χ0v) is 22.2. The molecule has 1 atom stereocenters. The lowest BCUT2D eigenvalue weighted by Gasteiger charge is -2.38. The SMILES string of the molecule is CCC1=C(C(=O)OC)C(c2cccc(OC)c2)N2C(CC(=O)N3CCN(CCOC)CC3)=CSC2=N1. The lowest BCUT2D eigenvalue weighted by atomic mass is 9.92. The molecule has 1 amide bonds. The summed E-state index contributed by atoms with van der Waals surface area (Å²) in [5, 5.41) is 2.74. The molecular formula is C26H34N4O5S. The number of amidine groups is 1. The summed E-state index contributed by atoms with van der Waals surface area (Å²) in [5.41, 5.74) is 2.89. The van der Waals surface area contributed by atoms with Crippen LogP contribution in [0, 0.1) is 0 Å². The van der Waals surface area contributed by atoms with Gasteiger partial charge in [0.1, 0.15) is 5.75 Å². The Morgan fingerprint density at radius 2 is 1.92 bits per heavy atom. The number of hydrogen-bond acceptors (Lipinski definition) is 9. The van der Waals surface area contributed by atoms with Gasteiger partial charge >= 0.3 is 5.97 Å². The van der Waals surface area contributed by atoms with Crippen LogP contribution in [-0.2, 0) is 19.1 Å². The summed E-state index contributed by atoms with van der Waals surface area (Å²) in [5.74, 6) is 0.347. The highest BCUT2D eigenvalue weighted by Gasteiger charge is 2.42. The van der Waals surface area contributed by atoms with Crippen LogP contribution in [0.3, 0.4) is 0 Å². The normalized spacial score (nSPS) is 20.2. The Morgan fingerprint density at radius 1 is 1.14 bits per heavy atom. The number of allylic oxidation sites excluding steroid dienone is 1. The van der Waals surface area contributed by atoms with E-state index in [0.29, 0.717) is 43.1 Å².